The molecule has 0 spiro atoms. The summed E-state index contributed by atoms with van der Waals surface area (Å²) in [7, 11) is 0. The first-order valence-corrected chi connectivity index (χ1v) is 10.2. The maximum absolute atomic E-state index is 12.8. The van der Waals surface area contributed by atoms with Gasteiger partial charge in [-0.15, -0.1) is 0 Å². The Kier molecular flexibility index (Phi) is 5.72. The SMILES string of the molecule is O=C(CNCC1CC1)Nc1ccc(CC(=O)N2CCCc3ccccc32)cc1. The van der Waals surface area contributed by atoms with Gasteiger partial charge in [0.25, 0.3) is 0 Å². The van der Waals surface area contributed by atoms with Crippen LogP contribution in [0.5, 0.6) is 0 Å². The van der Waals surface area contributed by atoms with Crippen LogP contribution < -0.4 is 15.5 Å². The molecule has 2 aliphatic rings. The van der Waals surface area contributed by atoms with Gasteiger partial charge in [-0.2, -0.15) is 0 Å². The molecule has 0 bridgehead atoms. The van der Waals surface area contributed by atoms with Crippen molar-refractivity contribution in [1.29, 1.82) is 0 Å². The molecule has 28 heavy (non-hydrogen) atoms. The van der Waals surface area contributed by atoms with Gasteiger partial charge in [-0.25, -0.2) is 0 Å². The topological polar surface area (TPSA) is 61.4 Å². The van der Waals surface area contributed by atoms with Crippen LogP contribution in [0.4, 0.5) is 11.4 Å². The van der Waals surface area contributed by atoms with Crippen LogP contribution in [-0.4, -0.2) is 31.4 Å². The van der Waals surface area contributed by atoms with E-state index in [2.05, 4.69) is 16.7 Å². The van der Waals surface area contributed by atoms with Crippen molar-refractivity contribution < 1.29 is 9.59 Å². The van der Waals surface area contributed by atoms with E-state index < -0.39 is 0 Å². The van der Waals surface area contributed by atoms with E-state index >= 15 is 0 Å². The molecular weight excluding hydrogens is 350 g/mol. The molecule has 1 saturated carbocycles. The lowest BCUT2D eigenvalue weighted by Gasteiger charge is -2.29. The zero-order valence-electron chi connectivity index (χ0n) is 16.1. The first kappa shape index (κ1) is 18.7. The van der Waals surface area contributed by atoms with E-state index in [0.29, 0.717) is 13.0 Å². The number of fused-ring (bicyclic) bond motifs is 1. The van der Waals surface area contributed by atoms with Crippen molar-refractivity contribution in [3.8, 4) is 0 Å². The quantitative estimate of drug-likeness (QED) is 0.779. The predicted octanol–water partition coefficient (Wildman–Crippen LogP) is 3.15. The predicted molar refractivity (Wildman–Crippen MR) is 111 cm³/mol. The lowest BCUT2D eigenvalue weighted by Crippen LogP contribution is -2.36. The molecule has 0 radical (unpaired) electrons. The molecule has 1 fully saturated rings. The third-order valence-corrected chi connectivity index (χ3v) is 5.42. The fourth-order valence-corrected chi connectivity index (χ4v) is 3.69. The zero-order chi connectivity index (χ0) is 19.3. The van der Waals surface area contributed by atoms with E-state index in [1.165, 1.54) is 18.4 Å². The van der Waals surface area contributed by atoms with Crippen LogP contribution in [0.25, 0.3) is 0 Å². The lowest BCUT2D eigenvalue weighted by molar-refractivity contribution is -0.118. The van der Waals surface area contributed by atoms with E-state index in [4.69, 9.17) is 0 Å². The first-order chi connectivity index (χ1) is 13.7. The van der Waals surface area contributed by atoms with Crippen molar-refractivity contribution in [3.63, 3.8) is 0 Å². The summed E-state index contributed by atoms with van der Waals surface area (Å²) >= 11 is 0. The summed E-state index contributed by atoms with van der Waals surface area (Å²) < 4.78 is 0. The number of nitrogens with one attached hydrogen (secondary N) is 2. The fourth-order valence-electron chi connectivity index (χ4n) is 3.69. The Balaban J connectivity index is 1.30. The van der Waals surface area contributed by atoms with E-state index in [1.807, 2.05) is 47.4 Å². The smallest absolute Gasteiger partial charge is 0.238 e. The molecule has 4 rings (SSSR count). The Morgan fingerprint density at radius 1 is 1.04 bits per heavy atom. The highest BCUT2D eigenvalue weighted by Gasteiger charge is 2.22. The summed E-state index contributed by atoms with van der Waals surface area (Å²) in [5.74, 6) is 0.846. The van der Waals surface area contributed by atoms with Gasteiger partial charge in [0.05, 0.1) is 13.0 Å². The van der Waals surface area contributed by atoms with Gasteiger partial charge >= 0.3 is 0 Å². The van der Waals surface area contributed by atoms with Crippen LogP contribution in [0.2, 0.25) is 0 Å². The Bertz CT molecular complexity index is 843. The van der Waals surface area contributed by atoms with E-state index in [9.17, 15) is 9.59 Å². The number of nitrogens with zero attached hydrogens (tertiary/aromatic N) is 1. The maximum Gasteiger partial charge on any atom is 0.238 e. The van der Waals surface area contributed by atoms with Crippen LogP contribution in [0.3, 0.4) is 0 Å². The second-order valence-electron chi connectivity index (χ2n) is 7.77. The minimum absolute atomic E-state index is 0.0330. The van der Waals surface area contributed by atoms with E-state index in [0.717, 1.165) is 48.8 Å². The molecule has 1 aliphatic carbocycles. The second-order valence-corrected chi connectivity index (χ2v) is 7.77. The summed E-state index contributed by atoms with van der Waals surface area (Å²) in [5, 5.41) is 6.08. The maximum atomic E-state index is 12.8. The van der Waals surface area contributed by atoms with Gasteiger partial charge in [-0.3, -0.25) is 9.59 Å². The molecule has 1 aliphatic heterocycles. The molecule has 5 heteroatoms. The number of hydrogen-bond donors (Lipinski definition) is 2. The van der Waals surface area contributed by atoms with Crippen LogP contribution in [0, 0.1) is 5.92 Å². The van der Waals surface area contributed by atoms with Crippen molar-refractivity contribution in [2.45, 2.75) is 32.1 Å². The molecule has 0 atom stereocenters. The highest BCUT2D eigenvalue weighted by atomic mass is 16.2. The second kappa shape index (κ2) is 8.57. The molecule has 1 heterocycles. The third-order valence-electron chi connectivity index (χ3n) is 5.42. The standard InChI is InChI=1S/C23H27N3O2/c27-22(16-24-15-18-7-8-18)25-20-11-9-17(10-12-20)14-23(28)26-13-3-5-19-4-1-2-6-21(19)26/h1-2,4,6,9-12,18,24H,3,5,7-8,13-16H2,(H,25,27). The molecule has 0 saturated heterocycles. The van der Waals surface area contributed by atoms with Crippen molar-refractivity contribution in [3.05, 3.63) is 59.7 Å². The number of hydrogen-bond acceptors (Lipinski definition) is 3. The zero-order valence-corrected chi connectivity index (χ0v) is 16.1. The average molecular weight is 377 g/mol. The van der Waals surface area contributed by atoms with Gasteiger partial charge in [-0.1, -0.05) is 30.3 Å². The summed E-state index contributed by atoms with van der Waals surface area (Å²) in [4.78, 5) is 26.7. The van der Waals surface area contributed by atoms with Gasteiger partial charge in [0, 0.05) is 17.9 Å². The minimum atomic E-state index is -0.0330. The first-order valence-electron chi connectivity index (χ1n) is 10.2. The number of amides is 2. The Labute approximate surface area is 166 Å². The number of anilines is 2. The summed E-state index contributed by atoms with van der Waals surface area (Å²) in [6.45, 7) is 2.04. The van der Waals surface area contributed by atoms with Gasteiger partial charge in [0.2, 0.25) is 11.8 Å². The molecule has 2 aromatic carbocycles. The minimum Gasteiger partial charge on any atom is -0.325 e. The van der Waals surface area contributed by atoms with Gasteiger partial charge in [0.15, 0.2) is 0 Å². The molecule has 2 amide bonds. The summed E-state index contributed by atoms with van der Waals surface area (Å²) in [5.41, 5.74) is 4.01. The van der Waals surface area contributed by atoms with Gasteiger partial charge in [0.1, 0.15) is 0 Å². The number of benzene rings is 2. The highest BCUT2D eigenvalue weighted by molar-refractivity contribution is 5.96. The Morgan fingerprint density at radius 3 is 2.61 bits per heavy atom. The molecular formula is C23H27N3O2. The van der Waals surface area contributed by atoms with Crippen molar-refractivity contribution >= 4 is 23.2 Å². The number of aryl methyl sites for hydroxylation is 1. The summed E-state index contributed by atoms with van der Waals surface area (Å²) in [6.07, 6.45) is 4.95. The number of para-hydroxylation sites is 1. The van der Waals surface area contributed by atoms with Crippen LogP contribution in [-0.2, 0) is 22.4 Å². The Morgan fingerprint density at radius 2 is 1.82 bits per heavy atom. The monoisotopic (exact) mass is 377 g/mol. The molecule has 2 N–H and O–H groups in total. The van der Waals surface area contributed by atoms with Crippen LogP contribution in [0.1, 0.15) is 30.4 Å². The van der Waals surface area contributed by atoms with Crippen LogP contribution >= 0.6 is 0 Å². The lowest BCUT2D eigenvalue weighted by atomic mass is 10.0. The Hall–Kier alpha value is -2.66. The van der Waals surface area contributed by atoms with Crippen molar-refractivity contribution in [1.82, 2.24) is 5.32 Å². The van der Waals surface area contributed by atoms with Crippen LogP contribution in [0.15, 0.2) is 48.5 Å². The number of rotatable bonds is 7. The number of carbonyl (C=O) groups excluding carboxylic acids is 2. The molecule has 2 aromatic rings. The van der Waals surface area contributed by atoms with Gasteiger partial charge in [-0.05, 0) is 67.5 Å². The summed E-state index contributed by atoms with van der Waals surface area (Å²) in [6, 6.07) is 15.7. The van der Waals surface area contributed by atoms with Crippen molar-refractivity contribution in [2.24, 2.45) is 5.92 Å². The largest absolute Gasteiger partial charge is 0.325 e. The average Bonchev–Trinajstić information content (AvgIpc) is 3.53. The molecule has 0 aromatic heterocycles. The van der Waals surface area contributed by atoms with Crippen molar-refractivity contribution in [2.75, 3.05) is 29.9 Å². The molecule has 0 unspecified atom stereocenters. The normalized spacial score (nSPS) is 15.8. The van der Waals surface area contributed by atoms with E-state index in [1.54, 1.807) is 0 Å². The highest BCUT2D eigenvalue weighted by Crippen LogP contribution is 2.28. The molecule has 5 nitrogen and oxygen atoms in total. The number of carbonyl (C=O) groups is 2. The third kappa shape index (κ3) is 4.78. The van der Waals surface area contributed by atoms with Gasteiger partial charge < -0.3 is 15.5 Å². The molecule has 146 valence electrons. The fraction of sp³-hybridized carbons (Fsp3) is 0.391. The van der Waals surface area contributed by atoms with E-state index in [-0.39, 0.29) is 11.8 Å².